The van der Waals surface area contributed by atoms with Crippen LogP contribution >= 0.6 is 11.3 Å². The third-order valence-corrected chi connectivity index (χ3v) is 8.01. The van der Waals surface area contributed by atoms with Crippen LogP contribution in [0.15, 0.2) is 61.1 Å². The lowest BCUT2D eigenvalue weighted by molar-refractivity contribution is 0.0962. The number of anilines is 2. The van der Waals surface area contributed by atoms with Crippen LogP contribution in [0.25, 0.3) is 10.9 Å². The summed E-state index contributed by atoms with van der Waals surface area (Å²) in [7, 11) is 0. The van der Waals surface area contributed by atoms with Gasteiger partial charge in [0.25, 0.3) is 0 Å². The summed E-state index contributed by atoms with van der Waals surface area (Å²) < 4.78 is 0. The number of aromatic nitrogens is 3. The van der Waals surface area contributed by atoms with Gasteiger partial charge in [-0.05, 0) is 42.5 Å². The largest absolute Gasteiger partial charge is 0.361 e. The molecule has 1 atom stereocenters. The molecule has 1 aromatic carbocycles. The van der Waals surface area contributed by atoms with E-state index in [0.29, 0.717) is 12.3 Å². The van der Waals surface area contributed by atoms with Gasteiger partial charge in [-0.2, -0.15) is 0 Å². The van der Waals surface area contributed by atoms with E-state index in [9.17, 15) is 4.79 Å². The number of nitrogens with one attached hydrogen (secondary N) is 1. The Labute approximate surface area is 211 Å². The highest BCUT2D eigenvalue weighted by molar-refractivity contribution is 7.17. The Hall–Kier alpha value is -3.19. The summed E-state index contributed by atoms with van der Waals surface area (Å²) in [5, 5.41) is 2.22. The molecule has 1 unspecified atom stereocenters. The summed E-state index contributed by atoms with van der Waals surface area (Å²) in [6.45, 7) is 5.80. The van der Waals surface area contributed by atoms with Gasteiger partial charge in [0.2, 0.25) is 0 Å². The lowest BCUT2D eigenvalue weighted by Gasteiger charge is -2.35. The molecule has 1 aliphatic rings. The summed E-state index contributed by atoms with van der Waals surface area (Å²) >= 11 is 1.55. The number of unbranched alkanes of at least 4 members (excludes halogenated alkanes) is 1. The average molecular weight is 488 g/mol. The van der Waals surface area contributed by atoms with Gasteiger partial charge in [0.05, 0.1) is 11.1 Å². The van der Waals surface area contributed by atoms with Gasteiger partial charge in [0.15, 0.2) is 10.9 Å². The normalized spacial score (nSPS) is 15.0. The Balaban J connectivity index is 1.21. The van der Waals surface area contributed by atoms with E-state index in [2.05, 4.69) is 68.2 Å². The van der Waals surface area contributed by atoms with Crippen LogP contribution in [0.2, 0.25) is 0 Å². The molecule has 182 valence electrons. The first kappa shape index (κ1) is 23.5. The molecular weight excluding hydrogens is 454 g/mol. The van der Waals surface area contributed by atoms with Crippen molar-refractivity contribution in [3.05, 3.63) is 71.5 Å². The van der Waals surface area contributed by atoms with Crippen LogP contribution in [-0.4, -0.2) is 46.9 Å². The van der Waals surface area contributed by atoms with Gasteiger partial charge in [0.1, 0.15) is 5.82 Å². The Morgan fingerprint density at radius 2 is 1.86 bits per heavy atom. The van der Waals surface area contributed by atoms with Crippen LogP contribution < -0.4 is 9.80 Å². The predicted octanol–water partition coefficient (Wildman–Crippen LogP) is 5.97. The number of thiazole rings is 1. The molecule has 3 aromatic heterocycles. The van der Waals surface area contributed by atoms with Gasteiger partial charge in [0, 0.05) is 55.9 Å². The summed E-state index contributed by atoms with van der Waals surface area (Å²) in [5.74, 6) is 1.59. The van der Waals surface area contributed by atoms with Crippen molar-refractivity contribution in [1.82, 2.24) is 15.0 Å². The van der Waals surface area contributed by atoms with E-state index in [-0.39, 0.29) is 5.78 Å². The number of nitrogens with zero attached hydrogens (tertiary/aromatic N) is 4. The van der Waals surface area contributed by atoms with E-state index in [1.165, 1.54) is 16.5 Å². The number of aromatic amines is 1. The highest BCUT2D eigenvalue weighted by atomic mass is 32.1. The van der Waals surface area contributed by atoms with E-state index in [1.807, 2.05) is 18.3 Å². The van der Waals surface area contributed by atoms with E-state index in [4.69, 9.17) is 0 Å². The molecule has 0 amide bonds. The minimum Gasteiger partial charge on any atom is -0.361 e. The molecule has 4 aromatic rings. The smallest absolute Gasteiger partial charge is 0.186 e. The molecular formula is C28H33N5OS. The van der Waals surface area contributed by atoms with Gasteiger partial charge in [-0.3, -0.25) is 4.79 Å². The maximum atomic E-state index is 13.3. The molecule has 0 spiro atoms. The number of ketones is 1. The standard InChI is InChI=1S/C28H33N5OS/c1-2-3-8-21(17-22-19-30-24-10-5-4-9-23(22)24)18-25(34)26-20-31-28(35-26)33-15-13-32(14-16-33)27-11-6-7-12-29-27/h4-7,9-12,19-21,30H,2-3,8,13-18H2,1H3. The highest BCUT2D eigenvalue weighted by Gasteiger charge is 2.23. The SMILES string of the molecule is CCCCC(CC(=O)c1cnc(N2CCN(c3ccccn3)CC2)s1)Cc1c[nH]c2ccccc12. The van der Waals surface area contributed by atoms with Crippen LogP contribution in [0, 0.1) is 5.92 Å². The third-order valence-electron chi connectivity index (χ3n) is 6.92. The Kier molecular flexibility index (Phi) is 7.42. The number of H-pyrrole nitrogens is 1. The van der Waals surface area contributed by atoms with Crippen molar-refractivity contribution in [3.8, 4) is 0 Å². The fourth-order valence-electron chi connectivity index (χ4n) is 4.95. The monoisotopic (exact) mass is 487 g/mol. The average Bonchev–Trinajstić information content (AvgIpc) is 3.56. The summed E-state index contributed by atoms with van der Waals surface area (Å²) in [6, 6.07) is 14.5. The first-order chi connectivity index (χ1) is 17.2. The Morgan fingerprint density at radius 3 is 2.66 bits per heavy atom. The second kappa shape index (κ2) is 11.0. The molecule has 1 saturated heterocycles. The van der Waals surface area contributed by atoms with Crippen LogP contribution in [0.5, 0.6) is 0 Å². The lowest BCUT2D eigenvalue weighted by atomic mass is 9.89. The van der Waals surface area contributed by atoms with Gasteiger partial charge in [-0.15, -0.1) is 0 Å². The molecule has 0 radical (unpaired) electrons. The van der Waals surface area contributed by atoms with Gasteiger partial charge in [-0.1, -0.05) is 55.4 Å². The van der Waals surface area contributed by atoms with Crippen LogP contribution in [0.1, 0.15) is 47.8 Å². The Bertz CT molecular complexity index is 1240. The molecule has 1 N–H and O–H groups in total. The lowest BCUT2D eigenvalue weighted by Crippen LogP contribution is -2.46. The maximum absolute atomic E-state index is 13.3. The second-order valence-corrected chi connectivity index (χ2v) is 10.4. The quantitative estimate of drug-likeness (QED) is 0.279. The predicted molar refractivity (Wildman–Crippen MR) is 145 cm³/mol. The fourth-order valence-corrected chi connectivity index (χ4v) is 5.87. The molecule has 1 aliphatic heterocycles. The minimum absolute atomic E-state index is 0.224. The number of hydrogen-bond acceptors (Lipinski definition) is 6. The van der Waals surface area contributed by atoms with Crippen LogP contribution in [0.4, 0.5) is 10.9 Å². The number of rotatable bonds is 10. The molecule has 5 rings (SSSR count). The zero-order valence-corrected chi connectivity index (χ0v) is 21.1. The van der Waals surface area contributed by atoms with Crippen molar-refractivity contribution in [3.63, 3.8) is 0 Å². The number of Topliss-reactive ketones (excluding diaryl/α,β-unsaturated/α-hetero) is 1. The van der Waals surface area contributed by atoms with Gasteiger partial charge < -0.3 is 14.8 Å². The van der Waals surface area contributed by atoms with Crippen LogP contribution in [-0.2, 0) is 6.42 Å². The number of fused-ring (bicyclic) bond motifs is 1. The van der Waals surface area contributed by atoms with Crippen molar-refractivity contribution in [2.75, 3.05) is 36.0 Å². The molecule has 0 bridgehead atoms. The topological polar surface area (TPSA) is 65.1 Å². The third kappa shape index (κ3) is 5.56. The van der Waals surface area contributed by atoms with Crippen molar-refractivity contribution >= 4 is 39.0 Å². The van der Waals surface area contributed by atoms with E-state index in [0.717, 1.165) is 67.7 Å². The first-order valence-corrected chi connectivity index (χ1v) is 13.5. The number of carbonyl (C=O) groups is 1. The highest BCUT2D eigenvalue weighted by Crippen LogP contribution is 2.29. The number of carbonyl (C=O) groups excluding carboxylic acids is 1. The molecule has 7 heteroatoms. The first-order valence-electron chi connectivity index (χ1n) is 12.7. The summed E-state index contributed by atoms with van der Waals surface area (Å²) in [5.41, 5.74) is 2.48. The van der Waals surface area contributed by atoms with Gasteiger partial charge in [-0.25, -0.2) is 9.97 Å². The molecule has 0 saturated carbocycles. The number of para-hydroxylation sites is 1. The second-order valence-electron chi connectivity index (χ2n) is 9.37. The van der Waals surface area contributed by atoms with Crippen molar-refractivity contribution in [1.29, 1.82) is 0 Å². The zero-order chi connectivity index (χ0) is 24.0. The molecule has 4 heterocycles. The molecule has 0 aliphatic carbocycles. The van der Waals surface area contributed by atoms with E-state index in [1.54, 1.807) is 17.5 Å². The maximum Gasteiger partial charge on any atom is 0.186 e. The number of piperazine rings is 1. The van der Waals surface area contributed by atoms with Crippen molar-refractivity contribution in [2.24, 2.45) is 5.92 Å². The van der Waals surface area contributed by atoms with Gasteiger partial charge >= 0.3 is 0 Å². The molecule has 1 fully saturated rings. The summed E-state index contributed by atoms with van der Waals surface area (Å²) in [4.78, 5) is 31.1. The molecule has 35 heavy (non-hydrogen) atoms. The van der Waals surface area contributed by atoms with Crippen molar-refractivity contribution < 1.29 is 4.79 Å². The summed E-state index contributed by atoms with van der Waals surface area (Å²) in [6.07, 6.45) is 10.6. The number of hydrogen-bond donors (Lipinski definition) is 1. The Morgan fingerprint density at radius 1 is 1.06 bits per heavy atom. The van der Waals surface area contributed by atoms with Crippen LogP contribution in [0.3, 0.4) is 0 Å². The number of benzene rings is 1. The van der Waals surface area contributed by atoms with E-state index < -0.39 is 0 Å². The zero-order valence-electron chi connectivity index (χ0n) is 20.3. The van der Waals surface area contributed by atoms with Crippen molar-refractivity contribution in [2.45, 2.75) is 39.0 Å². The fraction of sp³-hybridized carbons (Fsp3) is 0.393. The molecule has 6 nitrogen and oxygen atoms in total. The van der Waals surface area contributed by atoms with E-state index >= 15 is 0 Å². The minimum atomic E-state index is 0.224. The number of pyridine rings is 1.